The van der Waals surface area contributed by atoms with Crippen LogP contribution in [0.5, 0.6) is 0 Å². The second-order valence-electron chi connectivity index (χ2n) is 4.18. The monoisotopic (exact) mass is 270 g/mol. The van der Waals surface area contributed by atoms with Gasteiger partial charge in [0.2, 0.25) is 6.39 Å². The summed E-state index contributed by atoms with van der Waals surface area (Å²) in [7, 11) is 0. The van der Waals surface area contributed by atoms with E-state index in [4.69, 9.17) is 5.11 Å². The number of hydrogen-bond donors (Lipinski definition) is 3. The van der Waals surface area contributed by atoms with E-state index in [1.165, 1.54) is 6.39 Å². The summed E-state index contributed by atoms with van der Waals surface area (Å²) in [5, 5.41) is 17.5. The van der Waals surface area contributed by atoms with Gasteiger partial charge in [-0.2, -0.15) is 4.98 Å². The van der Waals surface area contributed by atoms with Crippen molar-refractivity contribution in [2.24, 2.45) is 0 Å². The highest BCUT2D eigenvalue weighted by Gasteiger charge is 2.08. The Morgan fingerprint density at radius 1 is 1.53 bits per heavy atom. The molecule has 3 N–H and O–H groups in total. The molecule has 0 aliphatic heterocycles. The molecule has 1 unspecified atom stereocenters. The minimum Gasteiger partial charge on any atom is -0.481 e. The third-order valence-electron chi connectivity index (χ3n) is 2.45. The summed E-state index contributed by atoms with van der Waals surface area (Å²) in [6.45, 7) is 2.24. The van der Waals surface area contributed by atoms with Gasteiger partial charge < -0.3 is 20.3 Å². The van der Waals surface area contributed by atoms with Crippen molar-refractivity contribution < 1.29 is 19.2 Å². The molecule has 0 aromatic carbocycles. The summed E-state index contributed by atoms with van der Waals surface area (Å²) in [5.41, 5.74) is 0. The van der Waals surface area contributed by atoms with E-state index in [2.05, 4.69) is 25.3 Å². The van der Waals surface area contributed by atoms with E-state index >= 15 is 0 Å². The van der Waals surface area contributed by atoms with Crippen LogP contribution in [0.3, 0.4) is 0 Å². The molecular formula is C11H18N4O4. The lowest BCUT2D eigenvalue weighted by atomic mass is 10.1. The largest absolute Gasteiger partial charge is 0.481 e. The van der Waals surface area contributed by atoms with E-state index in [-0.39, 0.29) is 18.5 Å². The molecule has 1 rings (SSSR count). The molecule has 19 heavy (non-hydrogen) atoms. The number of hydrogen-bond acceptors (Lipinski definition) is 5. The van der Waals surface area contributed by atoms with E-state index in [0.29, 0.717) is 31.6 Å². The van der Waals surface area contributed by atoms with Gasteiger partial charge in [0, 0.05) is 25.4 Å². The molecular weight excluding hydrogens is 252 g/mol. The third-order valence-corrected chi connectivity index (χ3v) is 2.45. The number of aliphatic carboxylic acids is 1. The first kappa shape index (κ1) is 14.9. The Bertz CT molecular complexity index is 393. The number of nitrogens with one attached hydrogen (secondary N) is 2. The number of carboxylic acids is 1. The van der Waals surface area contributed by atoms with Gasteiger partial charge in [-0.1, -0.05) is 5.16 Å². The molecule has 0 aliphatic rings. The van der Waals surface area contributed by atoms with Crippen molar-refractivity contribution in [2.45, 2.75) is 38.6 Å². The van der Waals surface area contributed by atoms with E-state index in [0.717, 1.165) is 0 Å². The number of urea groups is 1. The number of carboxylic acid groups (broad SMARTS) is 1. The fourth-order valence-electron chi connectivity index (χ4n) is 1.50. The standard InChI is InChI=1S/C11H18N4O4/c1-8(3-2-4-10(16)17)14-11(18)12-6-5-9-13-7-19-15-9/h7-8H,2-6H2,1H3,(H,16,17)(H2,12,14,18). The van der Waals surface area contributed by atoms with Gasteiger partial charge in [-0.05, 0) is 19.8 Å². The second kappa shape index (κ2) is 8.06. The first-order chi connectivity index (χ1) is 9.08. The van der Waals surface area contributed by atoms with Crippen LogP contribution in [-0.2, 0) is 11.2 Å². The molecule has 2 amide bonds. The number of carbonyl (C=O) groups is 2. The maximum atomic E-state index is 11.5. The maximum absolute atomic E-state index is 11.5. The van der Waals surface area contributed by atoms with Crippen molar-refractivity contribution in [1.82, 2.24) is 20.8 Å². The van der Waals surface area contributed by atoms with Gasteiger partial charge >= 0.3 is 12.0 Å². The Morgan fingerprint density at radius 3 is 2.95 bits per heavy atom. The van der Waals surface area contributed by atoms with Crippen LogP contribution in [0.15, 0.2) is 10.9 Å². The Morgan fingerprint density at radius 2 is 2.32 bits per heavy atom. The van der Waals surface area contributed by atoms with Crippen LogP contribution in [0.25, 0.3) is 0 Å². The smallest absolute Gasteiger partial charge is 0.315 e. The molecule has 106 valence electrons. The Labute approximate surface area is 110 Å². The molecule has 8 heteroatoms. The Balaban J connectivity index is 2.07. The molecule has 0 saturated heterocycles. The van der Waals surface area contributed by atoms with Gasteiger partial charge in [0.15, 0.2) is 5.82 Å². The van der Waals surface area contributed by atoms with Crippen LogP contribution >= 0.6 is 0 Å². The van der Waals surface area contributed by atoms with Crippen LogP contribution in [0, 0.1) is 0 Å². The SMILES string of the molecule is CC(CCCC(=O)O)NC(=O)NCCc1ncon1. The first-order valence-electron chi connectivity index (χ1n) is 6.09. The maximum Gasteiger partial charge on any atom is 0.315 e. The van der Waals surface area contributed by atoms with Gasteiger partial charge in [0.25, 0.3) is 0 Å². The minimum atomic E-state index is -0.822. The summed E-state index contributed by atoms with van der Waals surface area (Å²) in [4.78, 5) is 25.6. The molecule has 0 aliphatic carbocycles. The lowest BCUT2D eigenvalue weighted by Crippen LogP contribution is -2.41. The molecule has 0 saturated carbocycles. The lowest BCUT2D eigenvalue weighted by Gasteiger charge is -2.13. The van der Waals surface area contributed by atoms with Gasteiger partial charge in [0.1, 0.15) is 0 Å². The lowest BCUT2D eigenvalue weighted by molar-refractivity contribution is -0.137. The molecule has 1 aromatic rings. The zero-order chi connectivity index (χ0) is 14.1. The average molecular weight is 270 g/mol. The van der Waals surface area contributed by atoms with Crippen molar-refractivity contribution in [3.63, 3.8) is 0 Å². The topological polar surface area (TPSA) is 117 Å². The number of nitrogens with zero attached hydrogens (tertiary/aromatic N) is 2. The minimum absolute atomic E-state index is 0.0653. The molecule has 0 spiro atoms. The van der Waals surface area contributed by atoms with Crippen molar-refractivity contribution in [1.29, 1.82) is 0 Å². The van der Waals surface area contributed by atoms with E-state index < -0.39 is 5.97 Å². The molecule has 1 heterocycles. The number of amides is 2. The summed E-state index contributed by atoms with van der Waals surface area (Å²) in [5.74, 6) is -0.286. The quantitative estimate of drug-likeness (QED) is 0.635. The van der Waals surface area contributed by atoms with E-state index in [9.17, 15) is 9.59 Å². The van der Waals surface area contributed by atoms with Crippen LogP contribution < -0.4 is 10.6 Å². The summed E-state index contributed by atoms with van der Waals surface area (Å²) in [6.07, 6.45) is 3.02. The van der Waals surface area contributed by atoms with Crippen molar-refractivity contribution in [2.75, 3.05) is 6.54 Å². The normalized spacial score (nSPS) is 11.8. The second-order valence-corrected chi connectivity index (χ2v) is 4.18. The highest BCUT2D eigenvalue weighted by molar-refractivity contribution is 5.74. The molecule has 1 atom stereocenters. The number of carbonyl (C=O) groups excluding carboxylic acids is 1. The molecule has 1 aromatic heterocycles. The summed E-state index contributed by atoms with van der Waals surface area (Å²) in [6, 6.07) is -0.351. The summed E-state index contributed by atoms with van der Waals surface area (Å²) >= 11 is 0. The van der Waals surface area contributed by atoms with Crippen LogP contribution in [0.2, 0.25) is 0 Å². The predicted molar refractivity (Wildman–Crippen MR) is 65.5 cm³/mol. The number of aromatic nitrogens is 2. The Kier molecular flexibility index (Phi) is 6.34. The number of rotatable bonds is 8. The average Bonchev–Trinajstić information content (AvgIpc) is 2.81. The van der Waals surface area contributed by atoms with Crippen molar-refractivity contribution in [3.8, 4) is 0 Å². The summed E-state index contributed by atoms with van der Waals surface area (Å²) < 4.78 is 4.56. The molecule has 0 bridgehead atoms. The first-order valence-corrected chi connectivity index (χ1v) is 6.09. The van der Waals surface area contributed by atoms with Gasteiger partial charge in [-0.15, -0.1) is 0 Å². The fourth-order valence-corrected chi connectivity index (χ4v) is 1.50. The van der Waals surface area contributed by atoms with Crippen LogP contribution in [0.4, 0.5) is 4.79 Å². The molecule has 0 fully saturated rings. The van der Waals surface area contributed by atoms with E-state index in [1.54, 1.807) is 0 Å². The van der Waals surface area contributed by atoms with Crippen molar-refractivity contribution >= 4 is 12.0 Å². The van der Waals surface area contributed by atoms with Crippen LogP contribution in [0.1, 0.15) is 32.0 Å². The van der Waals surface area contributed by atoms with Gasteiger partial charge in [-0.3, -0.25) is 4.79 Å². The Hall–Kier alpha value is -2.12. The highest BCUT2D eigenvalue weighted by Crippen LogP contribution is 2.00. The third kappa shape index (κ3) is 7.02. The fraction of sp³-hybridized carbons (Fsp3) is 0.636. The zero-order valence-corrected chi connectivity index (χ0v) is 10.8. The molecule has 8 nitrogen and oxygen atoms in total. The van der Waals surface area contributed by atoms with Crippen LogP contribution in [-0.4, -0.2) is 39.8 Å². The van der Waals surface area contributed by atoms with Gasteiger partial charge in [-0.25, -0.2) is 4.79 Å². The zero-order valence-electron chi connectivity index (χ0n) is 10.8. The highest BCUT2D eigenvalue weighted by atomic mass is 16.5. The van der Waals surface area contributed by atoms with Gasteiger partial charge in [0.05, 0.1) is 0 Å². The predicted octanol–water partition coefficient (Wildman–Crippen LogP) is 0.555. The molecule has 0 radical (unpaired) electrons. The van der Waals surface area contributed by atoms with Crippen molar-refractivity contribution in [3.05, 3.63) is 12.2 Å². The van der Waals surface area contributed by atoms with E-state index in [1.807, 2.05) is 6.92 Å².